The Bertz CT molecular complexity index is 1110. The van der Waals surface area contributed by atoms with Gasteiger partial charge >= 0.3 is 6.18 Å². The number of hydrogen-bond donors (Lipinski definition) is 0. The Labute approximate surface area is 166 Å². The molecule has 1 aromatic carbocycles. The maximum Gasteiger partial charge on any atom is 0.453 e. The highest BCUT2D eigenvalue weighted by molar-refractivity contribution is 5.94. The Kier molecular flexibility index (Phi) is 4.72. The van der Waals surface area contributed by atoms with Crippen LogP contribution in [0.4, 0.5) is 24.7 Å². The maximum atomic E-state index is 13.0. The molecule has 156 valence electrons. The van der Waals surface area contributed by atoms with E-state index < -0.39 is 16.9 Å². The van der Waals surface area contributed by atoms with Gasteiger partial charge in [0.05, 0.1) is 4.92 Å². The number of benzene rings is 1. The number of amides is 1. The number of aromatic nitrogens is 4. The lowest BCUT2D eigenvalue weighted by molar-refractivity contribution is -0.384. The first-order valence-corrected chi connectivity index (χ1v) is 8.82. The van der Waals surface area contributed by atoms with E-state index in [4.69, 9.17) is 0 Å². The Morgan fingerprint density at radius 2 is 1.67 bits per heavy atom. The minimum atomic E-state index is -4.68. The fourth-order valence-electron chi connectivity index (χ4n) is 3.17. The van der Waals surface area contributed by atoms with Crippen LogP contribution in [-0.2, 0) is 6.18 Å². The highest BCUT2D eigenvalue weighted by Crippen LogP contribution is 2.28. The lowest BCUT2D eigenvalue weighted by atomic mass is 10.1. The normalized spacial score (nSPS) is 14.9. The van der Waals surface area contributed by atoms with Crippen molar-refractivity contribution in [3.05, 3.63) is 57.9 Å². The van der Waals surface area contributed by atoms with E-state index in [9.17, 15) is 28.1 Å². The summed E-state index contributed by atoms with van der Waals surface area (Å²) in [6.45, 7) is 1.37. The summed E-state index contributed by atoms with van der Waals surface area (Å²) in [5, 5.41) is 21.4. The molecule has 0 atom stereocenters. The number of hydrogen-bond acceptors (Lipinski definition) is 7. The number of fused-ring (bicyclic) bond motifs is 1. The second-order valence-corrected chi connectivity index (χ2v) is 6.57. The molecule has 13 heteroatoms. The molecule has 2 aromatic heterocycles. The number of anilines is 1. The maximum absolute atomic E-state index is 13.0. The molecule has 30 heavy (non-hydrogen) atoms. The summed E-state index contributed by atoms with van der Waals surface area (Å²) in [5.74, 6) is -1.16. The van der Waals surface area contributed by atoms with Crippen LogP contribution in [0.3, 0.4) is 0 Å². The van der Waals surface area contributed by atoms with Crippen molar-refractivity contribution >= 4 is 23.1 Å². The highest BCUT2D eigenvalue weighted by atomic mass is 19.4. The fourth-order valence-corrected chi connectivity index (χ4v) is 3.17. The van der Waals surface area contributed by atoms with Crippen molar-refractivity contribution in [3.63, 3.8) is 0 Å². The molecule has 3 heterocycles. The van der Waals surface area contributed by atoms with Crippen molar-refractivity contribution in [1.82, 2.24) is 24.7 Å². The summed E-state index contributed by atoms with van der Waals surface area (Å²) in [5.41, 5.74) is 0.205. The Hall–Kier alpha value is -3.77. The number of carbonyl (C=O) groups excluding carboxylic acids is 1. The molecule has 0 N–H and O–H groups in total. The summed E-state index contributed by atoms with van der Waals surface area (Å²) in [6, 6.07) is 8.27. The van der Waals surface area contributed by atoms with Gasteiger partial charge in [-0.05, 0) is 24.3 Å². The molecular formula is C17H14F3N7O3. The summed E-state index contributed by atoms with van der Waals surface area (Å²) >= 11 is 0. The SMILES string of the molecule is O=C(c1ccc([N+](=O)[O-])cc1)N1CCN(c2ccc3nnc(C(F)(F)F)n3n2)CC1. The largest absolute Gasteiger partial charge is 0.453 e. The first-order valence-electron chi connectivity index (χ1n) is 8.82. The molecule has 0 saturated carbocycles. The Balaban J connectivity index is 1.46. The molecule has 3 aromatic rings. The molecule has 1 amide bonds. The Morgan fingerprint density at radius 1 is 1.00 bits per heavy atom. The van der Waals surface area contributed by atoms with Gasteiger partial charge in [0.2, 0.25) is 0 Å². The Morgan fingerprint density at radius 3 is 2.27 bits per heavy atom. The molecule has 4 rings (SSSR count). The molecule has 0 aliphatic carbocycles. The van der Waals surface area contributed by atoms with Crippen molar-refractivity contribution in [3.8, 4) is 0 Å². The predicted molar refractivity (Wildman–Crippen MR) is 97.0 cm³/mol. The number of non-ortho nitro benzene ring substituents is 1. The van der Waals surface area contributed by atoms with Gasteiger partial charge in [-0.15, -0.1) is 15.3 Å². The van der Waals surface area contributed by atoms with Crippen LogP contribution in [0.2, 0.25) is 0 Å². The number of carbonyl (C=O) groups is 1. The molecule has 0 unspecified atom stereocenters. The van der Waals surface area contributed by atoms with Crippen LogP contribution in [-0.4, -0.2) is 61.7 Å². The van der Waals surface area contributed by atoms with Crippen molar-refractivity contribution in [2.75, 3.05) is 31.1 Å². The zero-order valence-electron chi connectivity index (χ0n) is 15.3. The van der Waals surface area contributed by atoms with Crippen LogP contribution in [0.15, 0.2) is 36.4 Å². The van der Waals surface area contributed by atoms with Gasteiger partial charge in [0.15, 0.2) is 5.65 Å². The molecule has 10 nitrogen and oxygen atoms in total. The van der Waals surface area contributed by atoms with E-state index in [2.05, 4.69) is 15.3 Å². The minimum absolute atomic E-state index is 0.0157. The summed E-state index contributed by atoms with van der Waals surface area (Å²) in [7, 11) is 0. The zero-order chi connectivity index (χ0) is 21.5. The third-order valence-electron chi connectivity index (χ3n) is 4.72. The zero-order valence-corrected chi connectivity index (χ0v) is 15.3. The molecule has 0 spiro atoms. The number of piperazine rings is 1. The molecule has 1 saturated heterocycles. The third-order valence-corrected chi connectivity index (χ3v) is 4.72. The van der Waals surface area contributed by atoms with Crippen LogP contribution in [0, 0.1) is 10.1 Å². The van der Waals surface area contributed by atoms with Gasteiger partial charge in [0, 0.05) is 43.9 Å². The molecule has 1 aliphatic heterocycles. The monoisotopic (exact) mass is 421 g/mol. The first kappa shape index (κ1) is 19.5. The number of rotatable bonds is 3. The summed E-state index contributed by atoms with van der Waals surface area (Å²) in [4.78, 5) is 26.1. The van der Waals surface area contributed by atoms with E-state index in [0.717, 1.165) is 0 Å². The second-order valence-electron chi connectivity index (χ2n) is 6.57. The van der Waals surface area contributed by atoms with Crippen LogP contribution in [0.5, 0.6) is 0 Å². The van der Waals surface area contributed by atoms with Crippen LogP contribution in [0.25, 0.3) is 5.65 Å². The first-order chi connectivity index (χ1) is 14.2. The number of halogens is 3. The van der Waals surface area contributed by atoms with E-state index in [1.165, 1.54) is 30.3 Å². The van der Waals surface area contributed by atoms with E-state index in [-0.39, 0.29) is 17.2 Å². The van der Waals surface area contributed by atoms with Crippen molar-refractivity contribution in [2.45, 2.75) is 6.18 Å². The van der Waals surface area contributed by atoms with Crippen molar-refractivity contribution in [1.29, 1.82) is 0 Å². The predicted octanol–water partition coefficient (Wildman–Crippen LogP) is 2.01. The van der Waals surface area contributed by atoms with Gasteiger partial charge in [-0.25, -0.2) is 0 Å². The average molecular weight is 421 g/mol. The minimum Gasteiger partial charge on any atom is -0.352 e. The molecule has 1 aliphatic rings. The van der Waals surface area contributed by atoms with E-state index in [0.29, 0.717) is 42.1 Å². The van der Waals surface area contributed by atoms with Crippen LogP contribution in [0.1, 0.15) is 16.2 Å². The second kappa shape index (κ2) is 7.24. The van der Waals surface area contributed by atoms with Crippen molar-refractivity contribution < 1.29 is 22.9 Å². The topological polar surface area (TPSA) is 110 Å². The number of nitrogens with zero attached hydrogens (tertiary/aromatic N) is 7. The van der Waals surface area contributed by atoms with Gasteiger partial charge in [0.1, 0.15) is 5.82 Å². The molecule has 0 radical (unpaired) electrons. The quantitative estimate of drug-likeness (QED) is 0.470. The highest BCUT2D eigenvalue weighted by Gasteiger charge is 2.38. The van der Waals surface area contributed by atoms with Gasteiger partial charge in [-0.2, -0.15) is 17.7 Å². The number of nitro benzene ring substituents is 1. The number of nitro groups is 1. The van der Waals surface area contributed by atoms with Crippen LogP contribution >= 0.6 is 0 Å². The smallest absolute Gasteiger partial charge is 0.352 e. The molecule has 0 bridgehead atoms. The van der Waals surface area contributed by atoms with Crippen LogP contribution < -0.4 is 4.90 Å². The fraction of sp³-hybridized carbons (Fsp3) is 0.294. The lowest BCUT2D eigenvalue weighted by Crippen LogP contribution is -2.49. The van der Waals surface area contributed by atoms with Gasteiger partial charge < -0.3 is 9.80 Å². The van der Waals surface area contributed by atoms with E-state index in [1.807, 2.05) is 0 Å². The average Bonchev–Trinajstić information content (AvgIpc) is 3.17. The lowest BCUT2D eigenvalue weighted by Gasteiger charge is -2.35. The third kappa shape index (κ3) is 3.60. The van der Waals surface area contributed by atoms with Crippen molar-refractivity contribution in [2.24, 2.45) is 0 Å². The summed E-state index contributed by atoms with van der Waals surface area (Å²) in [6.07, 6.45) is -4.68. The standard InChI is InChI=1S/C17H14F3N7O3/c18-17(19,20)16-22-21-13-5-6-14(23-26(13)16)24-7-9-25(10-8-24)15(28)11-1-3-12(4-2-11)27(29)30/h1-6H,7-10H2. The molecule has 1 fully saturated rings. The van der Waals surface area contributed by atoms with E-state index in [1.54, 1.807) is 15.9 Å². The number of alkyl halides is 3. The van der Waals surface area contributed by atoms with Gasteiger partial charge in [-0.1, -0.05) is 0 Å². The van der Waals surface area contributed by atoms with Gasteiger partial charge in [-0.3, -0.25) is 14.9 Å². The van der Waals surface area contributed by atoms with E-state index >= 15 is 0 Å². The molecular weight excluding hydrogens is 407 g/mol. The van der Waals surface area contributed by atoms with Gasteiger partial charge in [0.25, 0.3) is 17.4 Å². The summed E-state index contributed by atoms with van der Waals surface area (Å²) < 4.78 is 39.8.